The summed E-state index contributed by atoms with van der Waals surface area (Å²) in [5, 5.41) is 3.04. The summed E-state index contributed by atoms with van der Waals surface area (Å²) in [6.45, 7) is 11.6. The number of hydrogen-bond donors (Lipinski definition) is 1. The number of carbonyl (C=O) groups is 2. The van der Waals surface area contributed by atoms with E-state index in [1.807, 2.05) is 26.0 Å². The lowest BCUT2D eigenvalue weighted by Gasteiger charge is -2.38. The van der Waals surface area contributed by atoms with E-state index in [9.17, 15) is 9.59 Å². The molecule has 2 amide bonds. The Balaban J connectivity index is 1.45. The fraction of sp³-hybridized carbons (Fsp3) is 0.652. The van der Waals surface area contributed by atoms with Gasteiger partial charge in [0.2, 0.25) is 11.8 Å². The Hall–Kier alpha value is -1.92. The molecule has 2 fully saturated rings. The molecule has 1 atom stereocenters. The van der Waals surface area contributed by atoms with Crippen LogP contribution < -0.4 is 5.32 Å². The molecule has 2 aliphatic heterocycles. The molecule has 2 aliphatic rings. The van der Waals surface area contributed by atoms with Crippen LogP contribution in [0, 0.1) is 13.8 Å². The van der Waals surface area contributed by atoms with Gasteiger partial charge in [0.05, 0.1) is 12.6 Å². The number of amides is 2. The highest BCUT2D eigenvalue weighted by atomic mass is 16.2. The summed E-state index contributed by atoms with van der Waals surface area (Å²) < 4.78 is 0. The molecule has 0 radical (unpaired) electrons. The number of hydrogen-bond acceptors (Lipinski definition) is 4. The van der Waals surface area contributed by atoms with Crippen molar-refractivity contribution in [2.75, 3.05) is 51.1 Å². The average molecular weight is 401 g/mol. The summed E-state index contributed by atoms with van der Waals surface area (Å²) in [4.78, 5) is 31.9. The normalized spacial score (nSPS) is 20.2. The minimum Gasteiger partial charge on any atom is -0.341 e. The Morgan fingerprint density at radius 1 is 0.966 bits per heavy atom. The number of anilines is 1. The molecule has 6 heteroatoms. The van der Waals surface area contributed by atoms with E-state index in [0.717, 1.165) is 63.4 Å². The maximum atomic E-state index is 12.9. The Bertz CT molecular complexity index is 705. The Kier molecular flexibility index (Phi) is 7.67. The zero-order valence-electron chi connectivity index (χ0n) is 18.2. The quantitative estimate of drug-likeness (QED) is 0.826. The molecule has 1 N–H and O–H groups in total. The molecule has 0 bridgehead atoms. The number of nitrogens with zero attached hydrogens (tertiary/aromatic N) is 3. The summed E-state index contributed by atoms with van der Waals surface area (Å²) in [7, 11) is 0. The van der Waals surface area contributed by atoms with E-state index >= 15 is 0 Å². The molecule has 1 unspecified atom stereocenters. The van der Waals surface area contributed by atoms with E-state index in [1.165, 1.54) is 18.4 Å². The van der Waals surface area contributed by atoms with Gasteiger partial charge in [-0.05, 0) is 50.8 Å². The summed E-state index contributed by atoms with van der Waals surface area (Å²) in [5.41, 5.74) is 3.19. The van der Waals surface area contributed by atoms with Gasteiger partial charge in [-0.25, -0.2) is 0 Å². The molecule has 0 aliphatic carbocycles. The van der Waals surface area contributed by atoms with Crippen LogP contribution in [0.1, 0.15) is 43.7 Å². The molecule has 1 aromatic rings. The molecule has 3 rings (SSSR count). The first-order valence-corrected chi connectivity index (χ1v) is 11.1. The monoisotopic (exact) mass is 400 g/mol. The molecule has 29 heavy (non-hydrogen) atoms. The van der Waals surface area contributed by atoms with Gasteiger partial charge in [-0.1, -0.05) is 25.0 Å². The summed E-state index contributed by atoms with van der Waals surface area (Å²) >= 11 is 0. The third-order valence-electron chi connectivity index (χ3n) is 6.48. The third-order valence-corrected chi connectivity index (χ3v) is 6.48. The Labute approximate surface area is 175 Å². The van der Waals surface area contributed by atoms with Crippen LogP contribution in [0.25, 0.3) is 0 Å². The second-order valence-corrected chi connectivity index (χ2v) is 8.52. The van der Waals surface area contributed by atoms with Crippen molar-refractivity contribution in [1.82, 2.24) is 14.7 Å². The van der Waals surface area contributed by atoms with Gasteiger partial charge in [0.25, 0.3) is 0 Å². The van der Waals surface area contributed by atoms with E-state index in [0.29, 0.717) is 6.54 Å². The Morgan fingerprint density at radius 2 is 1.62 bits per heavy atom. The van der Waals surface area contributed by atoms with E-state index < -0.39 is 0 Å². The SMILES string of the molecule is Cc1cccc(NC(=O)CN2CCN(C(C)C(=O)N3CCCCCC3)CC2)c1C. The number of piperazine rings is 1. The number of rotatable bonds is 5. The van der Waals surface area contributed by atoms with Crippen molar-refractivity contribution in [1.29, 1.82) is 0 Å². The molecule has 2 saturated heterocycles. The smallest absolute Gasteiger partial charge is 0.239 e. The zero-order valence-corrected chi connectivity index (χ0v) is 18.2. The highest BCUT2D eigenvalue weighted by Gasteiger charge is 2.29. The number of benzene rings is 1. The maximum Gasteiger partial charge on any atom is 0.239 e. The van der Waals surface area contributed by atoms with Gasteiger partial charge in [-0.15, -0.1) is 0 Å². The highest BCUT2D eigenvalue weighted by molar-refractivity contribution is 5.93. The lowest BCUT2D eigenvalue weighted by molar-refractivity contribution is -0.137. The number of carbonyl (C=O) groups excluding carboxylic acids is 2. The van der Waals surface area contributed by atoms with Crippen LogP contribution in [0.2, 0.25) is 0 Å². The summed E-state index contributed by atoms with van der Waals surface area (Å²) in [6, 6.07) is 5.91. The van der Waals surface area contributed by atoms with Gasteiger partial charge in [-0.3, -0.25) is 19.4 Å². The first-order chi connectivity index (χ1) is 14.0. The van der Waals surface area contributed by atoms with Gasteiger partial charge in [0, 0.05) is 45.0 Å². The van der Waals surface area contributed by atoms with Crippen LogP contribution in [-0.4, -0.2) is 78.4 Å². The van der Waals surface area contributed by atoms with Gasteiger partial charge in [-0.2, -0.15) is 0 Å². The second kappa shape index (κ2) is 10.2. The van der Waals surface area contributed by atoms with Crippen molar-refractivity contribution in [3.63, 3.8) is 0 Å². The van der Waals surface area contributed by atoms with Crippen LogP contribution in [-0.2, 0) is 9.59 Å². The lowest BCUT2D eigenvalue weighted by Crippen LogP contribution is -2.55. The topological polar surface area (TPSA) is 55.9 Å². The predicted molar refractivity (Wildman–Crippen MR) is 117 cm³/mol. The van der Waals surface area contributed by atoms with Gasteiger partial charge in [0.1, 0.15) is 0 Å². The van der Waals surface area contributed by atoms with Gasteiger partial charge >= 0.3 is 0 Å². The van der Waals surface area contributed by atoms with Crippen LogP contribution in [0.4, 0.5) is 5.69 Å². The van der Waals surface area contributed by atoms with Crippen molar-refractivity contribution < 1.29 is 9.59 Å². The molecule has 0 saturated carbocycles. The summed E-state index contributed by atoms with van der Waals surface area (Å²) in [5.74, 6) is 0.300. The highest BCUT2D eigenvalue weighted by Crippen LogP contribution is 2.18. The first kappa shape index (κ1) is 21.8. The number of likely N-dealkylation sites (tertiary alicyclic amines) is 1. The van der Waals surface area contributed by atoms with Crippen LogP contribution in [0.5, 0.6) is 0 Å². The predicted octanol–water partition coefficient (Wildman–Crippen LogP) is 2.65. The van der Waals surface area contributed by atoms with Crippen LogP contribution in [0.3, 0.4) is 0 Å². The largest absolute Gasteiger partial charge is 0.341 e. The van der Waals surface area contributed by atoms with Gasteiger partial charge < -0.3 is 10.2 Å². The van der Waals surface area contributed by atoms with Crippen LogP contribution in [0.15, 0.2) is 18.2 Å². The minimum atomic E-state index is -0.0704. The van der Waals surface area contributed by atoms with E-state index in [-0.39, 0.29) is 17.9 Å². The molecular formula is C23H36N4O2. The molecule has 2 heterocycles. The fourth-order valence-corrected chi connectivity index (χ4v) is 4.30. The molecular weight excluding hydrogens is 364 g/mol. The first-order valence-electron chi connectivity index (χ1n) is 11.1. The number of nitrogens with one attached hydrogen (secondary N) is 1. The van der Waals surface area contributed by atoms with E-state index in [1.54, 1.807) is 0 Å². The molecule has 6 nitrogen and oxygen atoms in total. The summed E-state index contributed by atoms with van der Waals surface area (Å²) in [6.07, 6.45) is 4.73. The van der Waals surface area contributed by atoms with E-state index in [2.05, 4.69) is 33.0 Å². The van der Waals surface area contributed by atoms with E-state index in [4.69, 9.17) is 0 Å². The van der Waals surface area contributed by atoms with Crippen LogP contribution >= 0.6 is 0 Å². The molecule has 160 valence electrons. The molecule has 0 spiro atoms. The van der Waals surface area contributed by atoms with Gasteiger partial charge in [0.15, 0.2) is 0 Å². The lowest BCUT2D eigenvalue weighted by atomic mass is 10.1. The number of aryl methyl sites for hydroxylation is 1. The molecule has 0 aromatic heterocycles. The van der Waals surface area contributed by atoms with Crippen molar-refractivity contribution in [2.24, 2.45) is 0 Å². The van der Waals surface area contributed by atoms with Crippen molar-refractivity contribution in [2.45, 2.75) is 52.5 Å². The van der Waals surface area contributed by atoms with Crippen molar-refractivity contribution in [3.8, 4) is 0 Å². The zero-order chi connectivity index (χ0) is 20.8. The molecule has 1 aromatic carbocycles. The second-order valence-electron chi connectivity index (χ2n) is 8.52. The van der Waals surface area contributed by atoms with Crippen molar-refractivity contribution in [3.05, 3.63) is 29.3 Å². The Morgan fingerprint density at radius 3 is 2.28 bits per heavy atom. The third kappa shape index (κ3) is 5.80. The standard InChI is InChI=1S/C23H36N4O2/c1-18-9-8-10-21(19(18)2)24-22(28)17-25-13-15-26(16-14-25)20(3)23(29)27-11-6-4-5-7-12-27/h8-10,20H,4-7,11-17H2,1-3H3,(H,24,28). The minimum absolute atomic E-state index is 0.0286. The average Bonchev–Trinajstić information content (AvgIpc) is 3.00. The van der Waals surface area contributed by atoms with Crippen molar-refractivity contribution >= 4 is 17.5 Å². The maximum absolute atomic E-state index is 12.9. The fourth-order valence-electron chi connectivity index (χ4n) is 4.30.